The average Bonchev–Trinajstić information content (AvgIpc) is 0.811. The molecule has 116 heavy (non-hydrogen) atoms. The van der Waals surface area contributed by atoms with E-state index in [0.29, 0.717) is 38.9 Å². The van der Waals surface area contributed by atoms with Crippen LogP contribution in [-0.4, -0.2) is 99.3 Å². The van der Waals surface area contributed by atoms with Crippen LogP contribution in [0, 0.1) is 148 Å². The number of carbonyl (C=O) groups excluding carboxylic acids is 7. The number of rotatable bonds is 8. The van der Waals surface area contributed by atoms with E-state index in [9.17, 15) is 48.9 Å². The van der Waals surface area contributed by atoms with Gasteiger partial charge in [0.2, 0.25) is 29.1 Å². The maximum Gasteiger partial charge on any atom is 0.229 e. The van der Waals surface area contributed by atoms with E-state index >= 15 is 0 Å². The highest BCUT2D eigenvalue weighted by molar-refractivity contribution is 6.05. The van der Waals surface area contributed by atoms with Crippen LogP contribution in [0.3, 0.4) is 0 Å². The molecule has 1 aromatic rings. The highest BCUT2D eigenvalue weighted by Gasteiger charge is 2.76. The summed E-state index contributed by atoms with van der Waals surface area (Å²) in [4.78, 5) is 116. The maximum absolute atomic E-state index is 14.6. The minimum Gasteiger partial charge on any atom is -0.521 e. The van der Waals surface area contributed by atoms with Crippen molar-refractivity contribution < 1.29 is 102 Å². The van der Waals surface area contributed by atoms with Crippen LogP contribution in [0.15, 0.2) is 68.9 Å². The van der Waals surface area contributed by atoms with Gasteiger partial charge in [0.15, 0.2) is 34.5 Å². The molecule has 0 aliphatic heterocycles. The third-order valence-electron chi connectivity index (χ3n) is 37.9. The van der Waals surface area contributed by atoms with Gasteiger partial charge < -0.3 is 40.6 Å². The molecule has 1 heterocycles. The Morgan fingerprint density at radius 3 is 1.28 bits per heavy atom. The molecule has 0 unspecified atom stereocenters. The van der Waals surface area contributed by atoms with E-state index in [0.717, 1.165) is 151 Å². The lowest BCUT2D eigenvalue weighted by atomic mass is 9.34. The molecule has 3 amide bonds. The molecule has 6 N–H and O–H groups in total. The molecule has 0 spiro atoms. The van der Waals surface area contributed by atoms with Gasteiger partial charge in [-0.1, -0.05) is 132 Å². The fourth-order valence-electron chi connectivity index (χ4n) is 31.2. The lowest BCUT2D eigenvalue weighted by molar-refractivity contribution is -0.375. The van der Waals surface area contributed by atoms with Crippen LogP contribution in [0.5, 0.6) is 0 Å². The summed E-state index contributed by atoms with van der Waals surface area (Å²) in [6, 6.07) is 0. The standard InChI is InChI=1S/C33H48N2O5.C32H46N2O4.C32H44N2O4.13H2/c1-9-34-27(37)33-14-12-28(2,3)18-21(33)25-22(36)16-24-29(4)17-20-19-35-39-26(20)32(7,40-38-8)23(29)10-11-30(24,5)31(25,6)13-15-33;2*1-9-34-26(37)32-14-12-27(2,3)17-19(32)24-21(35)16-23-28(4)18-20(33-8)25(36)31(7,38)22(28)10-11-29(23,5)30(24,6)13-15-32;;;;;;;;;;;;;/h16,19,21,23,25H,9-15,17-18H2,1-8H3,(H,34,37);16,19,22,24,36,38H,9-15,17-18H2,1-7H3,(H,34,37);16,18-19,22,24,38H,9-15,17H2,1-7H3,(H,34,37);13*1H/t21-,23+,25-,29-,30+,31+,32-,33-;2*19-,22+,24-,28-,29+,30+,31-,32-;;;;;;;;;;;;;/m000............./s1/i;;;13*1+2T. The Kier molecular flexibility index (Phi) is 16.7. The SMILES string of the molecule is CCNC(=O)[C@]12CCC(C)(C)C[C@H]1[C@H]1C(=O)C=C3[C@@]4(C)Cc5cnoc5[C@@](C)(OOC)[C@@H]4CC[C@@]3(C)[C@]1(C)CC2.[3H][3H].[3H][3H].[3H][3H].[3H][3H].[3H][3H].[3H][3H].[3H][3H].[3H][3H].[3H][3H].[3H][3H].[3H][3H].[3H][3H].[3H][3H].[C-]#[N+]C1=C(O)[C@@](C)(O)[C@@H]2CC[C@]3(C)C(=CC(=O)[C@@H]4[C@@H]5CC(C)(C)CC[C@]5(C(=O)NCC)CC[C@]43C)[C@@]2(C)C1.[C-]#[N+]C1=C[C@]2(C)C3=CC(=O)[C@@H]4[C@@H]5CC(C)(C)CC[C@]5(C(=O)NCC)CC[C@@]4(C)[C@]3(C)CC[C@H]2[C@](C)(O)C1=O. The average molecular weight is 1670 g/mol. The summed E-state index contributed by atoms with van der Waals surface area (Å²) in [6.07, 6.45) is 28.1. The minimum absolute atomic E-state index is 0.0126. The molecule has 0 bridgehead atoms. The Morgan fingerprint density at radius 2 is 0.888 bits per heavy atom. The zero-order valence-corrected chi connectivity index (χ0v) is 74.2. The van der Waals surface area contributed by atoms with Crippen LogP contribution < -0.4 is 16.0 Å². The van der Waals surface area contributed by atoms with Gasteiger partial charge in [0, 0.05) is 105 Å². The van der Waals surface area contributed by atoms with Crippen molar-refractivity contribution in [2.75, 3.05) is 26.7 Å². The molecule has 9 fully saturated rings. The molecule has 0 saturated heterocycles. The lowest BCUT2D eigenvalue weighted by Crippen LogP contribution is -2.67. The third-order valence-corrected chi connectivity index (χ3v) is 37.9. The summed E-state index contributed by atoms with van der Waals surface area (Å²) in [5.74, 6) is -0.439. The van der Waals surface area contributed by atoms with E-state index in [1.54, 1.807) is 33.2 Å². The Labute approximate surface area is 731 Å². The molecule has 24 atom stereocenters. The van der Waals surface area contributed by atoms with Crippen molar-refractivity contribution in [1.29, 1.82) is 0 Å². The van der Waals surface area contributed by atoms with Gasteiger partial charge in [-0.3, -0.25) is 28.8 Å². The number of ketones is 4. The van der Waals surface area contributed by atoms with Gasteiger partial charge >= 0.3 is 0 Å². The molecule has 1 aromatic heterocycles. The number of allylic oxidation sites excluding steroid dienone is 8. The van der Waals surface area contributed by atoms with E-state index in [1.165, 1.54) is 5.57 Å². The fraction of sp³-hybridized carbons (Fsp3) is 0.773. The second-order valence-corrected chi connectivity index (χ2v) is 45.0. The minimum atomic E-state index is -1.65. The molecule has 16 rings (SSSR count). The number of fused-ring (bicyclic) bond motifs is 22. The van der Waals surface area contributed by atoms with E-state index < -0.39 is 55.6 Å². The second-order valence-electron chi connectivity index (χ2n) is 45.0. The molecular weight excluding hydrogens is 1460 g/mol. The van der Waals surface area contributed by atoms with Gasteiger partial charge in [-0.2, -0.15) is 0 Å². The molecular formula is C97H164N6O13. The first-order valence-corrected chi connectivity index (χ1v) is 44.5. The Hall–Kier alpha value is -6.38. The monoisotopic (exact) mass is 1670 g/mol. The molecule has 19 heteroatoms. The molecule has 15 aliphatic carbocycles. The first-order chi connectivity index (χ1) is 66.8. The van der Waals surface area contributed by atoms with Crippen molar-refractivity contribution in [3.8, 4) is 0 Å². The van der Waals surface area contributed by atoms with Gasteiger partial charge in [0.25, 0.3) is 0 Å². The first kappa shape index (κ1) is 70.3. The Balaban J connectivity index is 0.000000953. The number of Topliss-reactive ketones (excluding diaryl/α,β-unsaturated/α-hetero) is 1. The number of amides is 3. The normalized spacial score (nSPS) is 47.6. The van der Waals surface area contributed by atoms with E-state index in [2.05, 4.69) is 128 Å². The topological polar surface area (TPSA) is 269 Å². The summed E-state index contributed by atoms with van der Waals surface area (Å²) >= 11 is 0. The molecule has 15 aliphatic rings. The van der Waals surface area contributed by atoms with Gasteiger partial charge in [-0.05, 0) is 285 Å². The molecule has 9 saturated carbocycles. The zero-order chi connectivity index (χ0) is 111. The number of nitrogens with zero attached hydrogens (tertiary/aromatic N) is 3. The summed E-state index contributed by atoms with van der Waals surface area (Å²) in [5.41, 5.74) is -4.22. The van der Waals surface area contributed by atoms with Crippen molar-refractivity contribution in [2.45, 2.75) is 310 Å². The largest absolute Gasteiger partial charge is 0.521 e. The van der Waals surface area contributed by atoms with Gasteiger partial charge in [0.1, 0.15) is 17.0 Å². The number of aliphatic hydroxyl groups is 3. The van der Waals surface area contributed by atoms with Crippen molar-refractivity contribution in [1.82, 2.24) is 21.1 Å². The predicted molar refractivity (Wildman–Crippen MR) is 470 cm³/mol. The van der Waals surface area contributed by atoms with Crippen molar-refractivity contribution in [2.24, 2.45) is 134 Å². The molecule has 19 nitrogen and oxygen atoms in total. The Morgan fingerprint density at radius 1 is 0.517 bits per heavy atom. The number of nitrogens with one attached hydrogen (secondary N) is 3. The van der Waals surface area contributed by atoms with Crippen molar-refractivity contribution >= 4 is 40.9 Å². The number of hydrogen-bond acceptors (Lipinski definition) is 14. The van der Waals surface area contributed by atoms with E-state index in [-0.39, 0.29) is 154 Å². The van der Waals surface area contributed by atoms with Crippen molar-refractivity contribution in [3.05, 3.63) is 98.5 Å². The van der Waals surface area contributed by atoms with Crippen LogP contribution in [-0.2, 0) is 55.4 Å². The highest BCUT2D eigenvalue weighted by Crippen LogP contribution is 2.79. The number of hydrogen-bond donors (Lipinski definition) is 6. The smallest absolute Gasteiger partial charge is 0.229 e. The molecule has 0 aromatic carbocycles. The maximum atomic E-state index is 14.6. The van der Waals surface area contributed by atoms with Crippen LogP contribution in [0.2, 0.25) is 0 Å². The van der Waals surface area contributed by atoms with Crippen LogP contribution in [0.1, 0.15) is 337 Å². The highest BCUT2D eigenvalue weighted by atomic mass is 17.2. The molecule has 0 radical (unpaired) electrons. The zero-order valence-electron chi connectivity index (χ0n) is 100. The first-order valence-electron chi connectivity index (χ1n) is 57.5. The fourth-order valence-corrected chi connectivity index (χ4v) is 31.2. The molecule has 660 valence electrons. The summed E-state index contributed by atoms with van der Waals surface area (Å²) in [5, 5.41) is 47.3. The van der Waals surface area contributed by atoms with Crippen LogP contribution >= 0.6 is 0 Å². The summed E-state index contributed by atoms with van der Waals surface area (Å²) < 4.78 is 136. The summed E-state index contributed by atoms with van der Waals surface area (Å²) in [6.45, 7) is 62.4. The quantitative estimate of drug-likeness (QED) is 0.0803. The van der Waals surface area contributed by atoms with Gasteiger partial charge in [-0.15, -0.1) is 0 Å². The van der Waals surface area contributed by atoms with E-state index in [4.69, 9.17) is 66.0 Å². The third kappa shape index (κ3) is 11.5. The van der Waals surface area contributed by atoms with Gasteiger partial charge in [-0.25, -0.2) is 19.5 Å². The number of aliphatic hydroxyl groups excluding tert-OH is 1. The second kappa shape index (κ2) is 27.6. The van der Waals surface area contributed by atoms with Crippen LogP contribution in [0.25, 0.3) is 9.69 Å². The summed E-state index contributed by atoms with van der Waals surface area (Å²) in [7, 11) is 1.55. The number of carbonyl (C=O) groups is 7. The Bertz CT molecular complexity index is 4670. The lowest BCUT2D eigenvalue weighted by Gasteiger charge is -2.69. The predicted octanol–water partition coefficient (Wildman–Crippen LogP) is 21.1. The van der Waals surface area contributed by atoms with Crippen LogP contribution in [0.4, 0.5) is 0 Å². The number of aromatic nitrogens is 1. The van der Waals surface area contributed by atoms with Gasteiger partial charge in [0.05, 0.1) is 42.7 Å². The van der Waals surface area contributed by atoms with Crippen molar-refractivity contribution in [3.63, 3.8) is 0 Å². The van der Waals surface area contributed by atoms with E-state index in [1.807, 2.05) is 52.8 Å².